The van der Waals surface area contributed by atoms with E-state index >= 15 is 0 Å². The fraction of sp³-hybridized carbons (Fsp3) is 0.562. The van der Waals surface area contributed by atoms with Crippen LogP contribution in [0.25, 0.3) is 0 Å². The minimum Gasteiger partial charge on any atom is -0.324 e. The van der Waals surface area contributed by atoms with E-state index in [1.807, 2.05) is 17.5 Å². The monoisotopic (exact) mass is 348 g/mol. The Balaban J connectivity index is 1.46. The quantitative estimate of drug-likeness (QED) is 0.899. The number of urea groups is 1. The number of rotatable bonds is 5. The van der Waals surface area contributed by atoms with E-state index in [2.05, 4.69) is 34.3 Å². The van der Waals surface area contributed by atoms with Gasteiger partial charge in [-0.2, -0.15) is 5.10 Å². The molecule has 2 amide bonds. The van der Waals surface area contributed by atoms with Gasteiger partial charge in [-0.1, -0.05) is 0 Å². The van der Waals surface area contributed by atoms with Gasteiger partial charge in [-0.05, 0) is 26.3 Å². The van der Waals surface area contributed by atoms with Gasteiger partial charge >= 0.3 is 6.03 Å². The third-order valence-corrected chi connectivity index (χ3v) is 5.28. The van der Waals surface area contributed by atoms with Crippen LogP contribution in [0.1, 0.15) is 17.0 Å². The molecule has 0 saturated carbocycles. The number of aryl methyl sites for hydroxylation is 2. The Labute approximate surface area is 146 Å². The minimum atomic E-state index is -0.0357. The second kappa shape index (κ2) is 7.31. The Morgan fingerprint density at radius 1 is 1.54 bits per heavy atom. The molecule has 0 aliphatic carbocycles. The number of hydrogen-bond acceptors (Lipinski definition) is 5. The summed E-state index contributed by atoms with van der Waals surface area (Å²) >= 11 is 1.71. The molecule has 0 aromatic carbocycles. The van der Waals surface area contributed by atoms with Crippen LogP contribution in [0.3, 0.4) is 0 Å². The highest BCUT2D eigenvalue weighted by molar-refractivity contribution is 7.09. The maximum Gasteiger partial charge on any atom is 0.321 e. The van der Waals surface area contributed by atoms with Crippen molar-refractivity contribution >= 4 is 23.1 Å². The SMILES string of the molecule is Cc1ncsc1CN(C)C[C@H]1CCN(C(=O)Nc2cnn(C)c2)C1. The highest BCUT2D eigenvalue weighted by Crippen LogP contribution is 2.20. The molecule has 130 valence electrons. The molecule has 1 atom stereocenters. The lowest BCUT2D eigenvalue weighted by molar-refractivity contribution is 0.217. The summed E-state index contributed by atoms with van der Waals surface area (Å²) in [5.74, 6) is 0.517. The summed E-state index contributed by atoms with van der Waals surface area (Å²) in [7, 11) is 3.97. The van der Waals surface area contributed by atoms with Crippen molar-refractivity contribution in [3.8, 4) is 0 Å². The van der Waals surface area contributed by atoms with Crippen LogP contribution in [0, 0.1) is 12.8 Å². The number of amides is 2. The molecule has 2 aromatic rings. The van der Waals surface area contributed by atoms with E-state index in [9.17, 15) is 4.79 Å². The number of aromatic nitrogens is 3. The summed E-state index contributed by atoms with van der Waals surface area (Å²) in [4.78, 5) is 22.2. The average Bonchev–Trinajstić information content (AvgIpc) is 3.23. The number of thiazole rings is 1. The van der Waals surface area contributed by atoms with E-state index in [1.54, 1.807) is 28.4 Å². The number of likely N-dealkylation sites (tertiary alicyclic amines) is 1. The van der Waals surface area contributed by atoms with Gasteiger partial charge in [0.1, 0.15) is 0 Å². The number of hydrogen-bond donors (Lipinski definition) is 1. The fourth-order valence-corrected chi connectivity index (χ4v) is 3.94. The molecule has 1 aliphatic heterocycles. The Morgan fingerprint density at radius 3 is 3.04 bits per heavy atom. The lowest BCUT2D eigenvalue weighted by Crippen LogP contribution is -2.34. The van der Waals surface area contributed by atoms with Crippen molar-refractivity contribution < 1.29 is 4.79 Å². The highest BCUT2D eigenvalue weighted by atomic mass is 32.1. The van der Waals surface area contributed by atoms with Crippen molar-refractivity contribution in [2.45, 2.75) is 19.9 Å². The van der Waals surface area contributed by atoms with Crippen LogP contribution in [-0.4, -0.2) is 57.3 Å². The van der Waals surface area contributed by atoms with Gasteiger partial charge in [0.25, 0.3) is 0 Å². The summed E-state index contributed by atoms with van der Waals surface area (Å²) in [6.07, 6.45) is 4.51. The molecule has 0 unspecified atom stereocenters. The number of carbonyl (C=O) groups is 1. The summed E-state index contributed by atoms with van der Waals surface area (Å²) < 4.78 is 1.68. The van der Waals surface area contributed by atoms with Gasteiger partial charge in [-0.3, -0.25) is 4.68 Å². The molecule has 7 nitrogen and oxygen atoms in total. The summed E-state index contributed by atoms with van der Waals surface area (Å²) in [6.45, 7) is 5.59. The molecule has 8 heteroatoms. The second-order valence-corrected chi connectivity index (χ2v) is 7.43. The Bertz CT molecular complexity index is 696. The summed E-state index contributed by atoms with van der Waals surface area (Å²) in [5.41, 5.74) is 3.76. The molecule has 2 aromatic heterocycles. The highest BCUT2D eigenvalue weighted by Gasteiger charge is 2.27. The van der Waals surface area contributed by atoms with Crippen LogP contribution in [0.2, 0.25) is 0 Å². The molecule has 0 bridgehead atoms. The fourth-order valence-electron chi connectivity index (χ4n) is 3.08. The number of nitrogens with zero attached hydrogens (tertiary/aromatic N) is 5. The summed E-state index contributed by atoms with van der Waals surface area (Å²) in [6, 6.07) is -0.0357. The molecular weight excluding hydrogens is 324 g/mol. The zero-order valence-electron chi connectivity index (χ0n) is 14.4. The van der Waals surface area contributed by atoms with Crippen molar-refractivity contribution in [3.63, 3.8) is 0 Å². The van der Waals surface area contributed by atoms with Crippen LogP contribution in [-0.2, 0) is 13.6 Å². The molecule has 24 heavy (non-hydrogen) atoms. The molecular formula is C16H24N6OS. The van der Waals surface area contributed by atoms with E-state index in [0.29, 0.717) is 5.92 Å². The topological polar surface area (TPSA) is 66.3 Å². The Morgan fingerprint density at radius 2 is 2.38 bits per heavy atom. The Hall–Kier alpha value is -1.93. The first-order chi connectivity index (χ1) is 11.5. The van der Waals surface area contributed by atoms with Crippen molar-refractivity contribution in [2.75, 3.05) is 32.0 Å². The maximum atomic E-state index is 12.3. The molecule has 1 aliphatic rings. The predicted molar refractivity (Wildman–Crippen MR) is 95.1 cm³/mol. The first kappa shape index (κ1) is 16.9. The van der Waals surface area contributed by atoms with Gasteiger partial charge in [0.05, 0.1) is 23.1 Å². The smallest absolute Gasteiger partial charge is 0.321 e. The van der Waals surface area contributed by atoms with E-state index in [-0.39, 0.29) is 6.03 Å². The van der Waals surface area contributed by atoms with Gasteiger partial charge in [-0.25, -0.2) is 9.78 Å². The van der Waals surface area contributed by atoms with E-state index in [1.165, 1.54) is 4.88 Å². The summed E-state index contributed by atoms with van der Waals surface area (Å²) in [5, 5.41) is 6.97. The van der Waals surface area contributed by atoms with Gasteiger partial charge in [0.15, 0.2) is 0 Å². The van der Waals surface area contributed by atoms with Crippen LogP contribution in [0.5, 0.6) is 0 Å². The normalized spacial score (nSPS) is 17.7. The Kier molecular flexibility index (Phi) is 5.15. The second-order valence-electron chi connectivity index (χ2n) is 6.49. The van der Waals surface area contributed by atoms with E-state index in [0.717, 1.165) is 44.0 Å². The molecule has 1 fully saturated rings. The molecule has 3 rings (SSSR count). The van der Waals surface area contributed by atoms with Crippen molar-refractivity contribution in [3.05, 3.63) is 28.5 Å². The van der Waals surface area contributed by atoms with E-state index < -0.39 is 0 Å². The standard InChI is InChI=1S/C16H24N6OS/c1-12-15(24-11-17-12)10-20(2)7-13-4-5-22(8-13)16(23)19-14-6-18-21(3)9-14/h6,9,11,13H,4-5,7-8,10H2,1-3H3,(H,19,23)/t13-/m1/s1. The average molecular weight is 348 g/mol. The van der Waals surface area contributed by atoms with Gasteiger partial charge in [-0.15, -0.1) is 11.3 Å². The molecule has 0 spiro atoms. The van der Waals surface area contributed by atoms with Crippen molar-refractivity contribution in [2.24, 2.45) is 13.0 Å². The van der Waals surface area contributed by atoms with Crippen LogP contribution in [0.4, 0.5) is 10.5 Å². The molecule has 3 heterocycles. The minimum absolute atomic E-state index is 0.0357. The zero-order chi connectivity index (χ0) is 17.1. The third-order valence-electron chi connectivity index (χ3n) is 4.36. The van der Waals surface area contributed by atoms with Crippen molar-refractivity contribution in [1.82, 2.24) is 24.6 Å². The molecule has 0 radical (unpaired) electrons. The van der Waals surface area contributed by atoms with Gasteiger partial charge in [0.2, 0.25) is 0 Å². The maximum absolute atomic E-state index is 12.3. The predicted octanol–water partition coefficient (Wildman–Crippen LogP) is 2.17. The third kappa shape index (κ3) is 4.12. The lowest BCUT2D eigenvalue weighted by Gasteiger charge is -2.21. The molecule has 1 saturated heterocycles. The number of nitrogens with one attached hydrogen (secondary N) is 1. The van der Waals surface area contributed by atoms with Crippen LogP contribution in [0.15, 0.2) is 17.9 Å². The first-order valence-corrected chi connectivity index (χ1v) is 9.01. The number of anilines is 1. The van der Waals surface area contributed by atoms with Crippen molar-refractivity contribution in [1.29, 1.82) is 0 Å². The van der Waals surface area contributed by atoms with Gasteiger partial charge in [0, 0.05) is 44.3 Å². The largest absolute Gasteiger partial charge is 0.324 e. The first-order valence-electron chi connectivity index (χ1n) is 8.13. The van der Waals surface area contributed by atoms with Crippen LogP contribution < -0.4 is 5.32 Å². The molecule has 1 N–H and O–H groups in total. The van der Waals surface area contributed by atoms with E-state index in [4.69, 9.17) is 0 Å². The number of carbonyl (C=O) groups excluding carboxylic acids is 1. The lowest BCUT2D eigenvalue weighted by atomic mass is 10.1. The van der Waals surface area contributed by atoms with Gasteiger partial charge < -0.3 is 15.1 Å². The zero-order valence-corrected chi connectivity index (χ0v) is 15.2. The van der Waals surface area contributed by atoms with Crippen LogP contribution >= 0.6 is 11.3 Å².